The zero-order valence-electron chi connectivity index (χ0n) is 8.63. The van der Waals surface area contributed by atoms with Crippen molar-refractivity contribution >= 4 is 0 Å². The molecule has 80 valence electrons. The molecule has 14 heavy (non-hydrogen) atoms. The maximum Gasteiger partial charge on any atom is 0.0845 e. The van der Waals surface area contributed by atoms with Crippen LogP contribution in [-0.2, 0) is 9.47 Å². The van der Waals surface area contributed by atoms with Gasteiger partial charge in [-0.3, -0.25) is 0 Å². The summed E-state index contributed by atoms with van der Waals surface area (Å²) in [6.07, 6.45) is 5.39. The molecule has 2 saturated heterocycles. The van der Waals surface area contributed by atoms with Crippen LogP contribution in [0.1, 0.15) is 25.7 Å². The lowest BCUT2D eigenvalue weighted by Gasteiger charge is -2.20. The molecule has 3 heteroatoms. The Morgan fingerprint density at radius 1 is 1.43 bits per heavy atom. The van der Waals surface area contributed by atoms with Crippen molar-refractivity contribution in [1.29, 1.82) is 0 Å². The van der Waals surface area contributed by atoms with Crippen molar-refractivity contribution in [2.45, 2.75) is 37.4 Å². The average molecular weight is 197 g/mol. The topological polar surface area (TPSA) is 30.5 Å². The van der Waals surface area contributed by atoms with Gasteiger partial charge in [-0.05, 0) is 31.7 Å². The Morgan fingerprint density at radius 2 is 2.36 bits per heavy atom. The average Bonchev–Trinajstić information content (AvgIpc) is 2.79. The van der Waals surface area contributed by atoms with Crippen molar-refractivity contribution in [2.24, 2.45) is 5.92 Å². The number of rotatable bonds is 3. The Bertz CT molecular complexity index is 209. The third kappa shape index (κ3) is 1.81. The highest BCUT2D eigenvalue weighted by atomic mass is 16.6. The van der Waals surface area contributed by atoms with E-state index < -0.39 is 0 Å². The fourth-order valence-corrected chi connectivity index (χ4v) is 2.48. The molecule has 3 aliphatic rings. The lowest BCUT2D eigenvalue weighted by atomic mass is 9.98. The quantitative estimate of drug-likeness (QED) is 0.730. The van der Waals surface area contributed by atoms with E-state index >= 15 is 0 Å². The van der Waals surface area contributed by atoms with Gasteiger partial charge in [0.15, 0.2) is 0 Å². The molecule has 1 N–H and O–H groups in total. The molecule has 3 nitrogen and oxygen atoms in total. The van der Waals surface area contributed by atoms with E-state index in [1.165, 1.54) is 12.8 Å². The number of ether oxygens (including phenoxy) is 2. The molecule has 1 spiro atoms. The summed E-state index contributed by atoms with van der Waals surface area (Å²) in [5, 5.41) is 3.37. The first kappa shape index (κ1) is 9.13. The van der Waals surface area contributed by atoms with E-state index in [2.05, 4.69) is 5.32 Å². The fraction of sp³-hybridized carbons (Fsp3) is 1.00. The Balaban J connectivity index is 1.48. The molecule has 3 rings (SSSR count). The van der Waals surface area contributed by atoms with Gasteiger partial charge in [0.1, 0.15) is 0 Å². The first-order valence-corrected chi connectivity index (χ1v) is 5.83. The molecular formula is C11H19NO2. The lowest BCUT2D eigenvalue weighted by Crippen LogP contribution is -2.31. The van der Waals surface area contributed by atoms with Crippen molar-refractivity contribution < 1.29 is 9.47 Å². The first-order chi connectivity index (χ1) is 6.86. The minimum atomic E-state index is 0.133. The number of hydrogen-bond donors (Lipinski definition) is 1. The second-order valence-electron chi connectivity index (χ2n) is 5.02. The van der Waals surface area contributed by atoms with E-state index in [1.54, 1.807) is 0 Å². The largest absolute Gasteiger partial charge is 0.375 e. The predicted octanol–water partition coefficient (Wildman–Crippen LogP) is 0.934. The Morgan fingerprint density at radius 3 is 3.07 bits per heavy atom. The van der Waals surface area contributed by atoms with Crippen LogP contribution in [0, 0.1) is 5.92 Å². The molecular weight excluding hydrogens is 178 g/mol. The summed E-state index contributed by atoms with van der Waals surface area (Å²) in [6, 6.07) is 0. The highest BCUT2D eigenvalue weighted by molar-refractivity contribution is 4.96. The summed E-state index contributed by atoms with van der Waals surface area (Å²) in [6.45, 7) is 3.91. The van der Waals surface area contributed by atoms with E-state index in [9.17, 15) is 0 Å². The van der Waals surface area contributed by atoms with Crippen molar-refractivity contribution in [2.75, 3.05) is 26.3 Å². The van der Waals surface area contributed by atoms with Gasteiger partial charge in [-0.1, -0.05) is 0 Å². The number of nitrogens with one attached hydrogen (secondary N) is 1. The summed E-state index contributed by atoms with van der Waals surface area (Å²) >= 11 is 0. The van der Waals surface area contributed by atoms with Crippen molar-refractivity contribution in [3.05, 3.63) is 0 Å². The maximum atomic E-state index is 5.88. The predicted molar refractivity (Wildman–Crippen MR) is 53.3 cm³/mol. The number of hydrogen-bond acceptors (Lipinski definition) is 3. The van der Waals surface area contributed by atoms with E-state index in [0.717, 1.165) is 45.1 Å². The van der Waals surface area contributed by atoms with Crippen molar-refractivity contribution in [3.8, 4) is 0 Å². The van der Waals surface area contributed by atoms with Crippen LogP contribution in [-0.4, -0.2) is 38.0 Å². The molecule has 0 aromatic rings. The van der Waals surface area contributed by atoms with E-state index in [-0.39, 0.29) is 5.60 Å². The summed E-state index contributed by atoms with van der Waals surface area (Å²) in [4.78, 5) is 0. The molecule has 0 aromatic heterocycles. The second-order valence-corrected chi connectivity index (χ2v) is 5.02. The van der Waals surface area contributed by atoms with Gasteiger partial charge in [0.05, 0.1) is 18.3 Å². The summed E-state index contributed by atoms with van der Waals surface area (Å²) < 4.78 is 11.7. The molecule has 0 bridgehead atoms. The van der Waals surface area contributed by atoms with Gasteiger partial charge >= 0.3 is 0 Å². The van der Waals surface area contributed by atoms with Gasteiger partial charge in [0.25, 0.3) is 0 Å². The zero-order chi connectivity index (χ0) is 9.43. The van der Waals surface area contributed by atoms with Gasteiger partial charge in [-0.25, -0.2) is 0 Å². The Kier molecular flexibility index (Phi) is 2.26. The van der Waals surface area contributed by atoms with E-state index in [1.807, 2.05) is 0 Å². The van der Waals surface area contributed by atoms with Crippen molar-refractivity contribution in [1.82, 2.24) is 5.32 Å². The van der Waals surface area contributed by atoms with Crippen LogP contribution in [0.3, 0.4) is 0 Å². The molecule has 2 atom stereocenters. The molecule has 1 aliphatic carbocycles. The third-order valence-corrected chi connectivity index (χ3v) is 3.64. The maximum absolute atomic E-state index is 5.88. The highest BCUT2D eigenvalue weighted by Gasteiger charge is 2.43. The van der Waals surface area contributed by atoms with E-state index in [4.69, 9.17) is 9.47 Å². The van der Waals surface area contributed by atoms with Crippen LogP contribution in [0.2, 0.25) is 0 Å². The van der Waals surface area contributed by atoms with Crippen LogP contribution >= 0.6 is 0 Å². The smallest absolute Gasteiger partial charge is 0.0845 e. The van der Waals surface area contributed by atoms with Crippen LogP contribution in [0.25, 0.3) is 0 Å². The monoisotopic (exact) mass is 197 g/mol. The normalized spacial score (nSPS) is 42.4. The van der Waals surface area contributed by atoms with Crippen molar-refractivity contribution in [3.63, 3.8) is 0 Å². The summed E-state index contributed by atoms with van der Waals surface area (Å²) in [5.74, 6) is 0.869. The first-order valence-electron chi connectivity index (χ1n) is 5.83. The van der Waals surface area contributed by atoms with Gasteiger partial charge in [0, 0.05) is 19.6 Å². The Labute approximate surface area is 85.1 Å². The second kappa shape index (κ2) is 3.47. The Hall–Kier alpha value is -0.120. The molecule has 3 fully saturated rings. The molecule has 1 saturated carbocycles. The van der Waals surface area contributed by atoms with Gasteiger partial charge in [0.2, 0.25) is 0 Å². The summed E-state index contributed by atoms with van der Waals surface area (Å²) in [7, 11) is 0. The standard InChI is InChI=1S/C11H19NO2/c1-2-9(1)6-13-10-5-11(14-7-10)3-4-12-8-11/h9-10,12H,1-8H2/t10-,11-/m1/s1. The molecule has 0 unspecified atom stereocenters. The zero-order valence-corrected chi connectivity index (χ0v) is 8.63. The minimum Gasteiger partial charge on any atom is -0.375 e. The van der Waals surface area contributed by atoms with Crippen LogP contribution < -0.4 is 5.32 Å². The molecule has 0 aromatic carbocycles. The van der Waals surface area contributed by atoms with Crippen LogP contribution in [0.4, 0.5) is 0 Å². The van der Waals surface area contributed by atoms with E-state index in [0.29, 0.717) is 6.10 Å². The fourth-order valence-electron chi connectivity index (χ4n) is 2.48. The SMILES string of the molecule is C1C[C@]2(CN1)C[C@@H](OCC1CC1)CO2. The third-order valence-electron chi connectivity index (χ3n) is 3.64. The molecule has 2 heterocycles. The summed E-state index contributed by atoms with van der Waals surface area (Å²) in [5.41, 5.74) is 0.133. The lowest BCUT2D eigenvalue weighted by molar-refractivity contribution is 0.00673. The van der Waals surface area contributed by atoms with Gasteiger partial charge < -0.3 is 14.8 Å². The molecule has 0 radical (unpaired) electrons. The highest BCUT2D eigenvalue weighted by Crippen LogP contribution is 2.35. The van der Waals surface area contributed by atoms with Gasteiger partial charge in [-0.2, -0.15) is 0 Å². The van der Waals surface area contributed by atoms with Gasteiger partial charge in [-0.15, -0.1) is 0 Å². The van der Waals surface area contributed by atoms with Crippen LogP contribution in [0.15, 0.2) is 0 Å². The van der Waals surface area contributed by atoms with Crippen LogP contribution in [0.5, 0.6) is 0 Å². The molecule has 0 amide bonds. The minimum absolute atomic E-state index is 0.133. The molecule has 2 aliphatic heterocycles.